The number of hydrogen-bond donors (Lipinski definition) is 0. The maximum atomic E-state index is 14.4. The monoisotopic (exact) mass is 336 g/mol. The van der Waals surface area contributed by atoms with Crippen molar-refractivity contribution in [2.24, 2.45) is 0 Å². The van der Waals surface area contributed by atoms with Crippen molar-refractivity contribution < 1.29 is 13.9 Å². The molecule has 0 aliphatic carbocycles. The lowest BCUT2D eigenvalue weighted by Crippen LogP contribution is -2.27. The van der Waals surface area contributed by atoms with Gasteiger partial charge in [-0.3, -0.25) is 0 Å². The summed E-state index contributed by atoms with van der Waals surface area (Å²) in [6.45, 7) is 7.24. The summed E-state index contributed by atoms with van der Waals surface area (Å²) in [5.74, 6) is -0.342. The molecular weight excluding hydrogens is 318 g/mol. The first-order valence-corrected chi connectivity index (χ1v) is 7.93. The topological polar surface area (TPSA) is 44.1 Å². The number of benzene rings is 2. The quantitative estimate of drug-likeness (QED) is 0.636. The van der Waals surface area contributed by atoms with Crippen LogP contribution in [0.1, 0.15) is 26.3 Å². The third kappa shape index (κ3) is 3.43. The Hall–Kier alpha value is -2.63. The Morgan fingerprint density at radius 2 is 1.92 bits per heavy atom. The van der Waals surface area contributed by atoms with Gasteiger partial charge in [-0.05, 0) is 51.5 Å². The number of imidazole rings is 1. The van der Waals surface area contributed by atoms with Gasteiger partial charge in [-0.15, -0.1) is 0 Å². The summed E-state index contributed by atoms with van der Waals surface area (Å²) in [4.78, 5) is 17.2. The molecule has 0 aliphatic heterocycles. The Balaban J connectivity index is 2.29. The highest BCUT2D eigenvalue weighted by Gasteiger charge is 2.25. The van der Waals surface area contributed by atoms with Gasteiger partial charge < -0.3 is 4.74 Å². The summed E-state index contributed by atoms with van der Waals surface area (Å²) in [5, 5.41) is 0. The van der Waals surface area contributed by atoms with Crippen LogP contribution >= 0.6 is 0 Å². The fraction of sp³-hybridized carbons (Fsp3) is 0.263. The van der Waals surface area contributed by atoms with Crippen LogP contribution in [0, 0.1) is 12.7 Å². The first-order chi connectivity index (χ1) is 11.7. The SMILES string of the molecule is [B]c1ccc(F)c(-c2nc3cc(C)ccc3n2C(=O)OC(C)(C)C)c1. The van der Waals surface area contributed by atoms with Crippen LogP contribution < -0.4 is 5.46 Å². The van der Waals surface area contributed by atoms with E-state index in [1.165, 1.54) is 22.8 Å². The Morgan fingerprint density at radius 1 is 1.20 bits per heavy atom. The van der Waals surface area contributed by atoms with Crippen LogP contribution in [0.5, 0.6) is 0 Å². The van der Waals surface area contributed by atoms with Gasteiger partial charge in [0, 0.05) is 0 Å². The molecule has 0 saturated heterocycles. The average Bonchev–Trinajstić information content (AvgIpc) is 2.86. The number of rotatable bonds is 1. The predicted octanol–water partition coefficient (Wildman–Crippen LogP) is 3.73. The minimum Gasteiger partial charge on any atom is -0.443 e. The van der Waals surface area contributed by atoms with Crippen molar-refractivity contribution in [1.29, 1.82) is 0 Å². The maximum absolute atomic E-state index is 14.4. The molecule has 1 heterocycles. The minimum atomic E-state index is -0.691. The number of nitrogens with zero attached hydrogens (tertiary/aromatic N) is 2. The number of carbonyl (C=O) groups excluding carboxylic acids is 1. The van der Waals surface area contributed by atoms with Crippen molar-refractivity contribution in [3.63, 3.8) is 0 Å². The number of aromatic nitrogens is 2. The summed E-state index contributed by atoms with van der Waals surface area (Å²) in [5.41, 5.74) is 1.97. The van der Waals surface area contributed by atoms with Gasteiger partial charge in [0.05, 0.1) is 16.6 Å². The smallest absolute Gasteiger partial charge is 0.420 e. The fourth-order valence-electron chi connectivity index (χ4n) is 2.58. The van der Waals surface area contributed by atoms with Crippen molar-refractivity contribution in [2.75, 3.05) is 0 Å². The molecule has 4 nitrogen and oxygen atoms in total. The van der Waals surface area contributed by atoms with Crippen molar-refractivity contribution in [3.05, 3.63) is 47.8 Å². The van der Waals surface area contributed by atoms with Gasteiger partial charge >= 0.3 is 6.09 Å². The molecular formula is C19H18BFN2O2. The standard InChI is InChI=1S/C19H18BFN2O2/c1-11-5-8-16-15(9-11)22-17(13-10-12(20)6-7-14(13)21)23(16)18(24)25-19(2,3)4/h5-10H,1-4H3. The molecule has 2 aromatic carbocycles. The van der Waals surface area contributed by atoms with Gasteiger partial charge in [-0.1, -0.05) is 23.7 Å². The molecule has 25 heavy (non-hydrogen) atoms. The summed E-state index contributed by atoms with van der Waals surface area (Å²) in [6, 6.07) is 9.66. The van der Waals surface area contributed by atoms with Crippen LogP contribution in [0.25, 0.3) is 22.4 Å². The van der Waals surface area contributed by atoms with E-state index in [9.17, 15) is 9.18 Å². The minimum absolute atomic E-state index is 0.153. The van der Waals surface area contributed by atoms with E-state index < -0.39 is 17.5 Å². The van der Waals surface area contributed by atoms with E-state index in [1.54, 1.807) is 26.8 Å². The van der Waals surface area contributed by atoms with Crippen LogP contribution in [-0.4, -0.2) is 29.1 Å². The third-order valence-corrected chi connectivity index (χ3v) is 3.62. The molecule has 0 N–H and O–H groups in total. The Labute approximate surface area is 147 Å². The number of hydrogen-bond acceptors (Lipinski definition) is 3. The molecule has 2 radical (unpaired) electrons. The first kappa shape index (κ1) is 17.2. The highest BCUT2D eigenvalue weighted by molar-refractivity contribution is 6.32. The second-order valence-corrected chi connectivity index (χ2v) is 6.98. The van der Waals surface area contributed by atoms with Crippen molar-refractivity contribution in [2.45, 2.75) is 33.3 Å². The number of carbonyl (C=O) groups is 1. The van der Waals surface area contributed by atoms with Gasteiger partial charge in [0.15, 0.2) is 5.82 Å². The Kier molecular flexibility index (Phi) is 4.15. The van der Waals surface area contributed by atoms with Crippen molar-refractivity contribution in [1.82, 2.24) is 9.55 Å². The second-order valence-electron chi connectivity index (χ2n) is 6.98. The number of aryl methyl sites for hydroxylation is 1. The van der Waals surface area contributed by atoms with E-state index in [1.807, 2.05) is 19.1 Å². The number of ether oxygens (including phenoxy) is 1. The van der Waals surface area contributed by atoms with Gasteiger partial charge in [-0.2, -0.15) is 0 Å². The highest BCUT2D eigenvalue weighted by Crippen LogP contribution is 2.28. The molecule has 0 unspecified atom stereocenters. The van der Waals surface area contributed by atoms with E-state index in [-0.39, 0.29) is 11.4 Å². The zero-order valence-corrected chi connectivity index (χ0v) is 14.6. The molecule has 0 aliphatic rings. The summed E-state index contributed by atoms with van der Waals surface area (Å²) in [6.07, 6.45) is -0.615. The lowest BCUT2D eigenvalue weighted by Gasteiger charge is -2.20. The maximum Gasteiger partial charge on any atom is 0.420 e. The average molecular weight is 336 g/mol. The van der Waals surface area contributed by atoms with E-state index in [0.29, 0.717) is 16.5 Å². The normalized spacial score (nSPS) is 11.7. The summed E-state index contributed by atoms with van der Waals surface area (Å²) >= 11 is 0. The molecule has 0 saturated carbocycles. The number of fused-ring (bicyclic) bond motifs is 1. The van der Waals surface area contributed by atoms with E-state index in [4.69, 9.17) is 12.6 Å². The third-order valence-electron chi connectivity index (χ3n) is 3.62. The lowest BCUT2D eigenvalue weighted by molar-refractivity contribution is 0.0546. The van der Waals surface area contributed by atoms with Crippen LogP contribution in [0.4, 0.5) is 9.18 Å². The van der Waals surface area contributed by atoms with Crippen molar-refractivity contribution >= 4 is 30.4 Å². The molecule has 126 valence electrons. The molecule has 0 amide bonds. The molecule has 0 bridgehead atoms. The molecule has 3 rings (SSSR count). The highest BCUT2D eigenvalue weighted by atomic mass is 19.1. The summed E-state index contributed by atoms with van der Waals surface area (Å²) in [7, 11) is 5.79. The zero-order valence-electron chi connectivity index (χ0n) is 14.6. The molecule has 0 spiro atoms. The number of halogens is 1. The first-order valence-electron chi connectivity index (χ1n) is 7.93. The predicted molar refractivity (Wildman–Crippen MR) is 96.9 cm³/mol. The Morgan fingerprint density at radius 3 is 2.60 bits per heavy atom. The van der Waals surface area contributed by atoms with Gasteiger partial charge in [0.25, 0.3) is 0 Å². The summed E-state index contributed by atoms with van der Waals surface area (Å²) < 4.78 is 21.2. The molecule has 3 aromatic rings. The van der Waals surface area contributed by atoms with Crippen molar-refractivity contribution in [3.8, 4) is 11.4 Å². The van der Waals surface area contributed by atoms with Crippen LogP contribution in [0.3, 0.4) is 0 Å². The van der Waals surface area contributed by atoms with Crippen LogP contribution in [0.15, 0.2) is 36.4 Å². The second kappa shape index (κ2) is 6.03. The van der Waals surface area contributed by atoms with Crippen LogP contribution in [0.2, 0.25) is 0 Å². The molecule has 0 fully saturated rings. The van der Waals surface area contributed by atoms with Gasteiger partial charge in [0.1, 0.15) is 19.3 Å². The van der Waals surface area contributed by atoms with E-state index >= 15 is 0 Å². The zero-order chi connectivity index (χ0) is 18.4. The van der Waals surface area contributed by atoms with Gasteiger partial charge in [0.2, 0.25) is 0 Å². The Bertz CT molecular complexity index is 973. The largest absolute Gasteiger partial charge is 0.443 e. The van der Waals surface area contributed by atoms with Crippen LogP contribution in [-0.2, 0) is 4.74 Å². The van der Waals surface area contributed by atoms with E-state index in [0.717, 1.165) is 5.56 Å². The molecule has 6 heteroatoms. The fourth-order valence-corrected chi connectivity index (χ4v) is 2.58. The van der Waals surface area contributed by atoms with Gasteiger partial charge in [-0.25, -0.2) is 18.7 Å². The molecule has 0 atom stereocenters. The molecule has 1 aromatic heterocycles. The van der Waals surface area contributed by atoms with E-state index in [2.05, 4.69) is 4.98 Å². The lowest BCUT2D eigenvalue weighted by atomic mass is 9.94.